The van der Waals surface area contributed by atoms with Crippen LogP contribution in [0.5, 0.6) is 0 Å². The standard InChI is InChI=1S/C16H28N4O/c1-4-9-17-13-10-14(19-15(18-13)12-7-8-12)20-16(5-2,6-3)11-21/h10,12,21H,4-9,11H2,1-3H3,(H2,17,18,19,20). The molecule has 21 heavy (non-hydrogen) atoms. The quantitative estimate of drug-likeness (QED) is 0.652. The molecule has 1 aliphatic rings. The maximum absolute atomic E-state index is 9.72. The van der Waals surface area contributed by atoms with Gasteiger partial charge in [-0.1, -0.05) is 20.8 Å². The van der Waals surface area contributed by atoms with E-state index in [0.29, 0.717) is 5.92 Å². The fourth-order valence-corrected chi connectivity index (χ4v) is 2.36. The van der Waals surface area contributed by atoms with Gasteiger partial charge >= 0.3 is 0 Å². The van der Waals surface area contributed by atoms with Crippen LogP contribution < -0.4 is 10.6 Å². The number of anilines is 2. The predicted octanol–water partition coefficient (Wildman–Crippen LogP) is 3.14. The van der Waals surface area contributed by atoms with Gasteiger partial charge in [0.25, 0.3) is 0 Å². The molecule has 0 spiro atoms. The van der Waals surface area contributed by atoms with Crippen LogP contribution in [0.15, 0.2) is 6.07 Å². The van der Waals surface area contributed by atoms with Crippen molar-refractivity contribution in [3.63, 3.8) is 0 Å². The van der Waals surface area contributed by atoms with Gasteiger partial charge in [0, 0.05) is 18.5 Å². The van der Waals surface area contributed by atoms with Gasteiger partial charge in [0.1, 0.15) is 17.5 Å². The van der Waals surface area contributed by atoms with Gasteiger partial charge in [-0.25, -0.2) is 9.97 Å². The molecule has 1 saturated carbocycles. The maximum atomic E-state index is 9.72. The summed E-state index contributed by atoms with van der Waals surface area (Å²) in [5.41, 5.74) is -0.294. The van der Waals surface area contributed by atoms with E-state index in [-0.39, 0.29) is 12.1 Å². The van der Waals surface area contributed by atoms with Crippen molar-refractivity contribution in [1.29, 1.82) is 0 Å². The van der Waals surface area contributed by atoms with Crippen molar-refractivity contribution in [2.45, 2.75) is 64.3 Å². The molecule has 5 nitrogen and oxygen atoms in total. The van der Waals surface area contributed by atoms with E-state index in [1.54, 1.807) is 0 Å². The van der Waals surface area contributed by atoms with E-state index in [2.05, 4.69) is 41.4 Å². The summed E-state index contributed by atoms with van der Waals surface area (Å²) < 4.78 is 0. The third kappa shape index (κ3) is 4.06. The first-order valence-corrected chi connectivity index (χ1v) is 8.18. The average Bonchev–Trinajstić information content (AvgIpc) is 3.35. The summed E-state index contributed by atoms with van der Waals surface area (Å²) in [6.45, 7) is 7.34. The summed E-state index contributed by atoms with van der Waals surface area (Å²) in [5.74, 6) is 3.15. The van der Waals surface area contributed by atoms with Crippen LogP contribution in [0.2, 0.25) is 0 Å². The number of hydrogen-bond acceptors (Lipinski definition) is 5. The first-order valence-electron chi connectivity index (χ1n) is 8.18. The number of hydrogen-bond donors (Lipinski definition) is 3. The van der Waals surface area contributed by atoms with Crippen molar-refractivity contribution in [3.8, 4) is 0 Å². The Balaban J connectivity index is 2.22. The summed E-state index contributed by atoms with van der Waals surface area (Å²) in [5, 5.41) is 16.5. The first-order chi connectivity index (χ1) is 10.2. The Morgan fingerprint density at radius 1 is 1.19 bits per heavy atom. The zero-order chi connectivity index (χ0) is 15.3. The number of aromatic nitrogens is 2. The van der Waals surface area contributed by atoms with Crippen LogP contribution in [0.1, 0.15) is 64.6 Å². The fraction of sp³-hybridized carbons (Fsp3) is 0.750. The van der Waals surface area contributed by atoms with Crippen molar-refractivity contribution in [2.24, 2.45) is 0 Å². The van der Waals surface area contributed by atoms with Crippen LogP contribution in [-0.4, -0.2) is 33.8 Å². The monoisotopic (exact) mass is 292 g/mol. The molecule has 2 rings (SSSR count). The number of rotatable bonds is 9. The lowest BCUT2D eigenvalue weighted by Gasteiger charge is -2.31. The summed E-state index contributed by atoms with van der Waals surface area (Å²) >= 11 is 0. The van der Waals surface area contributed by atoms with Crippen molar-refractivity contribution < 1.29 is 5.11 Å². The zero-order valence-corrected chi connectivity index (χ0v) is 13.4. The molecule has 0 aliphatic heterocycles. The molecule has 0 unspecified atom stereocenters. The summed E-state index contributed by atoms with van der Waals surface area (Å²) in [7, 11) is 0. The molecule has 0 aromatic carbocycles. The van der Waals surface area contributed by atoms with Crippen LogP contribution in [-0.2, 0) is 0 Å². The maximum Gasteiger partial charge on any atom is 0.136 e. The molecule has 0 saturated heterocycles. The molecule has 5 heteroatoms. The third-order valence-corrected chi connectivity index (χ3v) is 4.29. The molecule has 0 radical (unpaired) electrons. The van der Waals surface area contributed by atoms with Gasteiger partial charge in [-0.2, -0.15) is 0 Å². The highest BCUT2D eigenvalue weighted by molar-refractivity contribution is 5.49. The highest BCUT2D eigenvalue weighted by Crippen LogP contribution is 2.39. The highest BCUT2D eigenvalue weighted by atomic mass is 16.3. The molecule has 3 N–H and O–H groups in total. The van der Waals surface area contributed by atoms with Crippen LogP contribution in [0.4, 0.5) is 11.6 Å². The second-order valence-electron chi connectivity index (χ2n) is 5.97. The van der Waals surface area contributed by atoms with Crippen LogP contribution in [0.3, 0.4) is 0 Å². The lowest BCUT2D eigenvalue weighted by molar-refractivity contribution is 0.202. The van der Waals surface area contributed by atoms with Crippen LogP contribution >= 0.6 is 0 Å². The van der Waals surface area contributed by atoms with Gasteiger partial charge in [-0.05, 0) is 32.1 Å². The van der Waals surface area contributed by atoms with E-state index in [4.69, 9.17) is 0 Å². The number of aliphatic hydroxyl groups excluding tert-OH is 1. The minimum atomic E-state index is -0.294. The zero-order valence-electron chi connectivity index (χ0n) is 13.4. The Morgan fingerprint density at radius 2 is 1.86 bits per heavy atom. The van der Waals surface area contributed by atoms with E-state index < -0.39 is 0 Å². The Morgan fingerprint density at radius 3 is 2.38 bits per heavy atom. The smallest absolute Gasteiger partial charge is 0.136 e. The van der Waals surface area contributed by atoms with E-state index in [0.717, 1.165) is 43.3 Å². The lowest BCUT2D eigenvalue weighted by atomic mass is 9.94. The molecule has 118 valence electrons. The molecule has 0 amide bonds. The summed E-state index contributed by atoms with van der Waals surface area (Å²) in [6.07, 6.45) is 5.16. The van der Waals surface area contributed by atoms with Crippen LogP contribution in [0.25, 0.3) is 0 Å². The molecule has 1 fully saturated rings. The Labute approximate surface area is 127 Å². The number of nitrogens with zero attached hydrogens (tertiary/aromatic N) is 2. The highest BCUT2D eigenvalue weighted by Gasteiger charge is 2.29. The van der Waals surface area contributed by atoms with E-state index >= 15 is 0 Å². The number of nitrogens with one attached hydrogen (secondary N) is 2. The normalized spacial score (nSPS) is 15.0. The van der Waals surface area contributed by atoms with Gasteiger partial charge in [-0.15, -0.1) is 0 Å². The molecular formula is C16H28N4O. The molecule has 0 bridgehead atoms. The Bertz CT molecular complexity index is 447. The van der Waals surface area contributed by atoms with E-state index in [1.807, 2.05) is 6.07 Å². The summed E-state index contributed by atoms with van der Waals surface area (Å²) in [6, 6.07) is 1.96. The second-order valence-corrected chi connectivity index (χ2v) is 5.97. The minimum absolute atomic E-state index is 0.112. The largest absolute Gasteiger partial charge is 0.394 e. The molecule has 1 aromatic rings. The molecule has 0 atom stereocenters. The molecule has 1 aromatic heterocycles. The predicted molar refractivity (Wildman–Crippen MR) is 86.8 cm³/mol. The lowest BCUT2D eigenvalue weighted by Crippen LogP contribution is -2.41. The average molecular weight is 292 g/mol. The van der Waals surface area contributed by atoms with Crippen molar-refractivity contribution in [1.82, 2.24) is 9.97 Å². The van der Waals surface area contributed by atoms with Gasteiger partial charge in [0.15, 0.2) is 0 Å². The SMILES string of the molecule is CCCNc1cc(NC(CC)(CC)CO)nc(C2CC2)n1. The summed E-state index contributed by atoms with van der Waals surface area (Å²) in [4.78, 5) is 9.27. The van der Waals surface area contributed by atoms with E-state index in [9.17, 15) is 5.11 Å². The number of aliphatic hydroxyl groups is 1. The fourth-order valence-electron chi connectivity index (χ4n) is 2.36. The van der Waals surface area contributed by atoms with E-state index in [1.165, 1.54) is 12.8 Å². The Hall–Kier alpha value is -1.36. The second kappa shape index (κ2) is 7.07. The van der Waals surface area contributed by atoms with Gasteiger partial charge < -0.3 is 15.7 Å². The molecule has 1 heterocycles. The van der Waals surface area contributed by atoms with Gasteiger partial charge in [0.2, 0.25) is 0 Å². The minimum Gasteiger partial charge on any atom is -0.394 e. The van der Waals surface area contributed by atoms with Gasteiger partial charge in [-0.3, -0.25) is 0 Å². The van der Waals surface area contributed by atoms with Crippen LogP contribution in [0, 0.1) is 0 Å². The van der Waals surface area contributed by atoms with Crippen molar-refractivity contribution >= 4 is 11.6 Å². The Kier molecular flexibility index (Phi) is 5.39. The topological polar surface area (TPSA) is 70.1 Å². The van der Waals surface area contributed by atoms with Crippen molar-refractivity contribution in [3.05, 3.63) is 11.9 Å². The third-order valence-electron chi connectivity index (χ3n) is 4.29. The molecular weight excluding hydrogens is 264 g/mol. The molecule has 1 aliphatic carbocycles. The first kappa shape index (κ1) is 16.0. The van der Waals surface area contributed by atoms with Gasteiger partial charge in [0.05, 0.1) is 12.1 Å². The van der Waals surface area contributed by atoms with Crippen molar-refractivity contribution in [2.75, 3.05) is 23.8 Å².